The second-order valence-corrected chi connectivity index (χ2v) is 11.7. The number of likely N-dealkylation sites (tertiary alicyclic amines) is 1. The van der Waals surface area contributed by atoms with Crippen molar-refractivity contribution in [3.63, 3.8) is 0 Å². The number of hydrogen-bond acceptors (Lipinski definition) is 7. The van der Waals surface area contributed by atoms with Crippen LogP contribution in [0.25, 0.3) is 10.9 Å². The van der Waals surface area contributed by atoms with E-state index in [9.17, 15) is 9.90 Å². The molecule has 1 aromatic carbocycles. The number of aliphatic hydroxyl groups excluding tert-OH is 1. The van der Waals surface area contributed by atoms with Crippen molar-refractivity contribution in [2.45, 2.75) is 69.1 Å². The van der Waals surface area contributed by atoms with Gasteiger partial charge in [0, 0.05) is 35.7 Å². The predicted molar refractivity (Wildman–Crippen MR) is 146 cm³/mol. The molecule has 7 heteroatoms. The van der Waals surface area contributed by atoms with Crippen LogP contribution in [0, 0.1) is 11.8 Å². The third-order valence-corrected chi connectivity index (χ3v) is 9.42. The van der Waals surface area contributed by atoms with E-state index in [-0.39, 0.29) is 17.8 Å². The molecule has 1 aliphatic heterocycles. The number of methoxy groups -OCH3 is 2. The molecule has 1 aromatic heterocycles. The minimum atomic E-state index is -0.616. The standard InChI is InChI=1S/C29H42N2O4S/c1-34-22-10-11-27-25(19-22)24(13-15-30-27)28(32)12-9-21-14-16-31(20-26(21)29(33)35-2)17-18-36-23-7-5-3-4-6-8-23/h10-11,13,15,19,21,23,26,28,32H,3-9,12,14,16-18,20H2,1-2H3/t21-,26+,28?/m1/s1. The van der Waals surface area contributed by atoms with Crippen molar-refractivity contribution in [2.75, 3.05) is 39.6 Å². The van der Waals surface area contributed by atoms with E-state index >= 15 is 0 Å². The number of rotatable bonds is 10. The van der Waals surface area contributed by atoms with Crippen LogP contribution in [0.2, 0.25) is 0 Å². The van der Waals surface area contributed by atoms with Gasteiger partial charge in [-0.05, 0) is 74.4 Å². The number of nitrogens with zero attached hydrogens (tertiary/aromatic N) is 2. The van der Waals surface area contributed by atoms with Gasteiger partial charge < -0.3 is 19.5 Å². The molecule has 1 N–H and O–H groups in total. The fourth-order valence-corrected chi connectivity index (χ4v) is 7.25. The Labute approximate surface area is 220 Å². The first-order valence-electron chi connectivity index (χ1n) is 13.6. The summed E-state index contributed by atoms with van der Waals surface area (Å²) in [6.07, 6.45) is 11.8. The van der Waals surface area contributed by atoms with Crippen molar-refractivity contribution in [3.8, 4) is 5.75 Å². The molecule has 0 amide bonds. The normalized spacial score (nSPS) is 22.8. The van der Waals surface area contributed by atoms with Gasteiger partial charge in [0.05, 0.1) is 31.8 Å². The lowest BCUT2D eigenvalue weighted by atomic mass is 9.81. The molecule has 0 spiro atoms. The van der Waals surface area contributed by atoms with E-state index in [1.165, 1.54) is 45.6 Å². The SMILES string of the molecule is COC(=O)[C@H]1CN(CCSC2CCCCCC2)CC[C@H]1CCC(O)c1ccnc2ccc(OC)cc12. The van der Waals surface area contributed by atoms with Gasteiger partial charge in [-0.15, -0.1) is 0 Å². The lowest BCUT2D eigenvalue weighted by Crippen LogP contribution is -2.45. The molecule has 3 atom stereocenters. The Morgan fingerprint density at radius 2 is 1.97 bits per heavy atom. The van der Waals surface area contributed by atoms with Gasteiger partial charge in [0.25, 0.3) is 0 Å². The Bertz CT molecular complexity index is 979. The molecule has 0 bridgehead atoms. The van der Waals surface area contributed by atoms with E-state index < -0.39 is 6.10 Å². The van der Waals surface area contributed by atoms with Gasteiger partial charge in [-0.2, -0.15) is 11.8 Å². The van der Waals surface area contributed by atoms with Crippen LogP contribution in [0.5, 0.6) is 5.75 Å². The lowest BCUT2D eigenvalue weighted by molar-refractivity contribution is -0.150. The Hall–Kier alpha value is -1.83. The summed E-state index contributed by atoms with van der Waals surface area (Å²) in [6, 6.07) is 7.62. The summed E-state index contributed by atoms with van der Waals surface area (Å²) < 4.78 is 10.6. The fourth-order valence-electron chi connectivity index (χ4n) is 5.88. The van der Waals surface area contributed by atoms with Gasteiger partial charge in [-0.25, -0.2) is 0 Å². The monoisotopic (exact) mass is 514 g/mol. The molecule has 36 heavy (non-hydrogen) atoms. The number of pyridine rings is 1. The van der Waals surface area contributed by atoms with Crippen LogP contribution in [-0.2, 0) is 9.53 Å². The van der Waals surface area contributed by atoms with Crippen LogP contribution >= 0.6 is 11.8 Å². The predicted octanol–water partition coefficient (Wildman–Crippen LogP) is 5.62. The third kappa shape index (κ3) is 7.14. The average molecular weight is 515 g/mol. The van der Waals surface area contributed by atoms with Gasteiger partial charge >= 0.3 is 5.97 Å². The number of aromatic nitrogens is 1. The van der Waals surface area contributed by atoms with Gasteiger partial charge in [-0.1, -0.05) is 25.7 Å². The molecule has 2 aliphatic rings. The minimum Gasteiger partial charge on any atom is -0.497 e. The number of piperidine rings is 1. The van der Waals surface area contributed by atoms with Crippen LogP contribution in [-0.4, -0.2) is 65.8 Å². The van der Waals surface area contributed by atoms with Crippen LogP contribution in [0.1, 0.15) is 69.5 Å². The Morgan fingerprint density at radius 3 is 2.72 bits per heavy atom. The summed E-state index contributed by atoms with van der Waals surface area (Å²) in [7, 11) is 3.13. The summed E-state index contributed by atoms with van der Waals surface area (Å²) in [5, 5.41) is 12.8. The molecule has 198 valence electrons. The molecular formula is C29H42N2O4S. The Balaban J connectivity index is 1.32. The second kappa shape index (κ2) is 13.6. The first-order valence-corrected chi connectivity index (χ1v) is 14.7. The Kier molecular flexibility index (Phi) is 10.3. The number of esters is 1. The minimum absolute atomic E-state index is 0.116. The van der Waals surface area contributed by atoms with E-state index in [1.807, 2.05) is 24.3 Å². The number of ether oxygens (including phenoxy) is 2. The second-order valence-electron chi connectivity index (χ2n) is 10.3. The zero-order chi connectivity index (χ0) is 25.3. The van der Waals surface area contributed by atoms with Crippen LogP contribution in [0.4, 0.5) is 0 Å². The van der Waals surface area contributed by atoms with Gasteiger partial charge in [-0.3, -0.25) is 9.78 Å². The number of thioether (sulfide) groups is 1. The molecule has 6 nitrogen and oxygen atoms in total. The highest BCUT2D eigenvalue weighted by atomic mass is 32.2. The van der Waals surface area contributed by atoms with Gasteiger partial charge in [0.15, 0.2) is 0 Å². The summed E-state index contributed by atoms with van der Waals surface area (Å²) in [5.41, 5.74) is 1.70. The van der Waals surface area contributed by atoms with Gasteiger partial charge in [0.2, 0.25) is 0 Å². The lowest BCUT2D eigenvalue weighted by Gasteiger charge is -2.37. The molecule has 1 unspecified atom stereocenters. The number of carbonyl (C=O) groups excluding carboxylic acids is 1. The zero-order valence-corrected chi connectivity index (χ0v) is 22.7. The number of aliphatic hydroxyl groups is 1. The number of carbonyl (C=O) groups is 1. The highest BCUT2D eigenvalue weighted by Crippen LogP contribution is 2.34. The number of fused-ring (bicyclic) bond motifs is 1. The van der Waals surface area contributed by atoms with Crippen molar-refractivity contribution in [1.29, 1.82) is 0 Å². The van der Waals surface area contributed by atoms with E-state index in [2.05, 4.69) is 21.6 Å². The average Bonchev–Trinajstić information content (AvgIpc) is 3.19. The van der Waals surface area contributed by atoms with E-state index in [0.717, 1.165) is 65.7 Å². The van der Waals surface area contributed by atoms with Crippen LogP contribution < -0.4 is 4.74 Å². The fraction of sp³-hybridized carbons (Fsp3) is 0.655. The van der Waals surface area contributed by atoms with Crippen molar-refractivity contribution in [2.24, 2.45) is 11.8 Å². The maximum atomic E-state index is 12.7. The molecule has 1 aliphatic carbocycles. The topological polar surface area (TPSA) is 71.9 Å². The smallest absolute Gasteiger partial charge is 0.310 e. The molecule has 4 rings (SSSR count). The van der Waals surface area contributed by atoms with Crippen LogP contribution in [0.3, 0.4) is 0 Å². The molecule has 2 heterocycles. The van der Waals surface area contributed by atoms with Crippen molar-refractivity contribution < 1.29 is 19.4 Å². The molecular weight excluding hydrogens is 472 g/mol. The molecule has 1 saturated heterocycles. The quantitative estimate of drug-likeness (QED) is 0.326. The summed E-state index contributed by atoms with van der Waals surface area (Å²) in [6.45, 7) is 2.80. The maximum Gasteiger partial charge on any atom is 0.310 e. The van der Waals surface area contributed by atoms with E-state index in [0.29, 0.717) is 6.42 Å². The summed E-state index contributed by atoms with van der Waals surface area (Å²) >= 11 is 2.13. The first-order chi connectivity index (χ1) is 17.6. The summed E-state index contributed by atoms with van der Waals surface area (Å²) in [5.74, 6) is 1.86. The largest absolute Gasteiger partial charge is 0.497 e. The number of benzene rings is 1. The zero-order valence-electron chi connectivity index (χ0n) is 21.9. The maximum absolute atomic E-state index is 12.7. The molecule has 2 aromatic rings. The Morgan fingerprint density at radius 1 is 1.17 bits per heavy atom. The summed E-state index contributed by atoms with van der Waals surface area (Å²) in [4.78, 5) is 19.6. The third-order valence-electron chi connectivity index (χ3n) is 8.06. The molecule has 2 fully saturated rings. The van der Waals surface area contributed by atoms with Crippen molar-refractivity contribution in [3.05, 3.63) is 36.0 Å². The highest BCUT2D eigenvalue weighted by Gasteiger charge is 2.35. The molecule has 1 saturated carbocycles. The first kappa shape index (κ1) is 27.2. The van der Waals surface area contributed by atoms with Gasteiger partial charge in [0.1, 0.15) is 5.75 Å². The van der Waals surface area contributed by atoms with Crippen molar-refractivity contribution >= 4 is 28.6 Å². The van der Waals surface area contributed by atoms with E-state index in [1.54, 1.807) is 13.3 Å². The number of hydrogen-bond donors (Lipinski definition) is 1. The highest BCUT2D eigenvalue weighted by molar-refractivity contribution is 7.99. The van der Waals surface area contributed by atoms with E-state index in [4.69, 9.17) is 9.47 Å². The van der Waals surface area contributed by atoms with Crippen LogP contribution in [0.15, 0.2) is 30.5 Å². The molecule has 0 radical (unpaired) electrons. The van der Waals surface area contributed by atoms with Crippen molar-refractivity contribution in [1.82, 2.24) is 9.88 Å².